The van der Waals surface area contributed by atoms with Gasteiger partial charge in [-0.1, -0.05) is 0 Å². The van der Waals surface area contributed by atoms with Crippen molar-refractivity contribution in [3.63, 3.8) is 0 Å². The van der Waals surface area contributed by atoms with E-state index in [0.29, 0.717) is 12.2 Å². The zero-order valence-electron chi connectivity index (χ0n) is 11.0. The van der Waals surface area contributed by atoms with Crippen LogP contribution >= 0.6 is 0 Å². The fourth-order valence-corrected chi connectivity index (χ4v) is 3.81. The maximum atomic E-state index is 11.6. The van der Waals surface area contributed by atoms with Gasteiger partial charge in [-0.25, -0.2) is 8.42 Å². The van der Waals surface area contributed by atoms with E-state index in [1.807, 2.05) is 0 Å². The van der Waals surface area contributed by atoms with E-state index in [1.54, 1.807) is 24.3 Å². The minimum Gasteiger partial charge on any atom is -0.484 e. The number of nitrogens with one attached hydrogen (secondary N) is 1. The molecule has 110 valence electrons. The van der Waals surface area contributed by atoms with Crippen molar-refractivity contribution in [1.82, 2.24) is 0 Å². The zero-order chi connectivity index (χ0) is 14.6. The van der Waals surface area contributed by atoms with Crippen molar-refractivity contribution in [1.29, 1.82) is 0 Å². The second-order valence-corrected chi connectivity index (χ2v) is 7.11. The first-order valence-electron chi connectivity index (χ1n) is 6.43. The molecular formula is C13H18N2O4S. The minimum atomic E-state index is -2.92. The largest absolute Gasteiger partial charge is 0.484 e. The third-order valence-corrected chi connectivity index (χ3v) is 4.89. The number of benzene rings is 1. The molecule has 0 bridgehead atoms. The number of sulfone groups is 1. The van der Waals surface area contributed by atoms with Gasteiger partial charge in [0.1, 0.15) is 5.75 Å². The lowest BCUT2D eigenvalue weighted by Crippen LogP contribution is -2.34. The average molecular weight is 298 g/mol. The molecule has 20 heavy (non-hydrogen) atoms. The number of hydrogen-bond acceptors (Lipinski definition) is 5. The van der Waals surface area contributed by atoms with Crippen LogP contribution in [0.25, 0.3) is 0 Å². The van der Waals surface area contributed by atoms with E-state index in [0.717, 1.165) is 12.1 Å². The Bertz CT molecular complexity index is 569. The normalized spacial score (nSPS) is 21.1. The van der Waals surface area contributed by atoms with E-state index in [-0.39, 0.29) is 24.2 Å². The molecule has 1 aliphatic heterocycles. The number of ether oxygens (including phenoxy) is 1. The van der Waals surface area contributed by atoms with Gasteiger partial charge in [-0.2, -0.15) is 0 Å². The Kier molecular flexibility index (Phi) is 4.49. The maximum Gasteiger partial charge on any atom is 0.255 e. The molecule has 7 heteroatoms. The van der Waals surface area contributed by atoms with E-state index in [9.17, 15) is 13.2 Å². The summed E-state index contributed by atoms with van der Waals surface area (Å²) in [6.45, 7) is -0.159. The number of rotatable bonds is 5. The summed E-state index contributed by atoms with van der Waals surface area (Å²) in [4.78, 5) is 10.6. The van der Waals surface area contributed by atoms with Crippen molar-refractivity contribution >= 4 is 21.4 Å². The summed E-state index contributed by atoms with van der Waals surface area (Å²) >= 11 is 0. The molecule has 1 unspecified atom stereocenters. The standard InChI is InChI=1S/C13H18N2O4S/c14-13(16)8-19-12-5-3-10(4-6-12)15-11-2-1-7-20(17,18)9-11/h3-6,11,15H,1-2,7-9H2,(H2,14,16). The highest BCUT2D eigenvalue weighted by Gasteiger charge is 2.24. The molecule has 1 saturated heterocycles. The van der Waals surface area contributed by atoms with Crippen molar-refractivity contribution in [3.05, 3.63) is 24.3 Å². The first kappa shape index (κ1) is 14.6. The predicted molar refractivity (Wildman–Crippen MR) is 76.4 cm³/mol. The van der Waals surface area contributed by atoms with Gasteiger partial charge in [-0.3, -0.25) is 4.79 Å². The summed E-state index contributed by atoms with van der Waals surface area (Å²) in [5.41, 5.74) is 5.82. The minimum absolute atomic E-state index is 0.0499. The molecule has 0 saturated carbocycles. The number of nitrogens with two attached hydrogens (primary N) is 1. The number of carbonyl (C=O) groups is 1. The van der Waals surface area contributed by atoms with Crippen LogP contribution in [-0.2, 0) is 14.6 Å². The first-order chi connectivity index (χ1) is 9.44. The third kappa shape index (κ3) is 4.41. The molecule has 1 aromatic carbocycles. The first-order valence-corrected chi connectivity index (χ1v) is 8.25. The molecule has 0 aromatic heterocycles. The summed E-state index contributed by atoms with van der Waals surface area (Å²) in [6, 6.07) is 6.95. The Labute approximate surface area is 118 Å². The number of anilines is 1. The van der Waals surface area contributed by atoms with Crippen molar-refractivity contribution in [2.75, 3.05) is 23.4 Å². The van der Waals surface area contributed by atoms with Crippen molar-refractivity contribution in [2.45, 2.75) is 18.9 Å². The van der Waals surface area contributed by atoms with Gasteiger partial charge in [-0.05, 0) is 37.1 Å². The second kappa shape index (κ2) is 6.13. The SMILES string of the molecule is NC(=O)COc1ccc(NC2CCCS(=O)(=O)C2)cc1. The van der Waals surface area contributed by atoms with Gasteiger partial charge in [0, 0.05) is 11.7 Å². The van der Waals surface area contributed by atoms with Crippen molar-refractivity contribution in [2.24, 2.45) is 5.73 Å². The molecule has 1 amide bonds. The van der Waals surface area contributed by atoms with Crippen molar-refractivity contribution in [3.8, 4) is 5.75 Å². The lowest BCUT2D eigenvalue weighted by molar-refractivity contribution is -0.119. The number of amides is 1. The van der Waals surface area contributed by atoms with Gasteiger partial charge in [-0.15, -0.1) is 0 Å². The van der Waals surface area contributed by atoms with Gasteiger partial charge >= 0.3 is 0 Å². The summed E-state index contributed by atoms with van der Waals surface area (Å²) in [7, 11) is -2.92. The van der Waals surface area contributed by atoms with Crippen LogP contribution < -0.4 is 15.8 Å². The highest BCUT2D eigenvalue weighted by Crippen LogP contribution is 2.20. The maximum absolute atomic E-state index is 11.6. The summed E-state index contributed by atoms with van der Waals surface area (Å²) < 4.78 is 28.2. The van der Waals surface area contributed by atoms with Crippen LogP contribution in [0.1, 0.15) is 12.8 Å². The predicted octanol–water partition coefficient (Wildman–Crippen LogP) is 0.540. The van der Waals surface area contributed by atoms with Crippen LogP contribution in [0, 0.1) is 0 Å². The lowest BCUT2D eigenvalue weighted by Gasteiger charge is -2.24. The van der Waals surface area contributed by atoms with Gasteiger partial charge in [0.15, 0.2) is 16.4 Å². The monoisotopic (exact) mass is 298 g/mol. The quantitative estimate of drug-likeness (QED) is 0.826. The average Bonchev–Trinajstić information content (AvgIpc) is 2.36. The Morgan fingerprint density at radius 2 is 2.05 bits per heavy atom. The molecule has 0 aliphatic carbocycles. The fourth-order valence-electron chi connectivity index (χ4n) is 2.17. The summed E-state index contributed by atoms with van der Waals surface area (Å²) in [5.74, 6) is 0.475. The Hall–Kier alpha value is -1.76. The van der Waals surface area contributed by atoms with Gasteiger partial charge in [0.2, 0.25) is 0 Å². The van der Waals surface area contributed by atoms with Crippen LogP contribution in [0.15, 0.2) is 24.3 Å². The molecule has 0 spiro atoms. The Morgan fingerprint density at radius 3 is 2.65 bits per heavy atom. The van der Waals surface area contributed by atoms with Crippen molar-refractivity contribution < 1.29 is 17.9 Å². The molecule has 1 atom stereocenters. The molecule has 1 aliphatic rings. The highest BCUT2D eigenvalue weighted by molar-refractivity contribution is 7.91. The molecule has 6 nitrogen and oxygen atoms in total. The van der Waals surface area contributed by atoms with Crippen LogP contribution in [0.4, 0.5) is 5.69 Å². The zero-order valence-corrected chi connectivity index (χ0v) is 11.9. The van der Waals surface area contributed by atoms with Gasteiger partial charge in [0.25, 0.3) is 5.91 Å². The van der Waals surface area contributed by atoms with Gasteiger partial charge < -0.3 is 15.8 Å². The second-order valence-electron chi connectivity index (χ2n) is 4.88. The van der Waals surface area contributed by atoms with E-state index < -0.39 is 15.7 Å². The summed E-state index contributed by atoms with van der Waals surface area (Å²) in [6.07, 6.45) is 1.54. The molecule has 1 aromatic rings. The lowest BCUT2D eigenvalue weighted by atomic mass is 10.1. The molecule has 0 radical (unpaired) electrons. The number of hydrogen-bond donors (Lipinski definition) is 2. The third-order valence-electron chi connectivity index (χ3n) is 3.07. The van der Waals surface area contributed by atoms with Crippen LogP contribution in [0.5, 0.6) is 5.75 Å². The Morgan fingerprint density at radius 1 is 1.35 bits per heavy atom. The van der Waals surface area contributed by atoms with E-state index in [2.05, 4.69) is 5.32 Å². The smallest absolute Gasteiger partial charge is 0.255 e. The molecule has 1 heterocycles. The van der Waals surface area contributed by atoms with Gasteiger partial charge in [0.05, 0.1) is 11.5 Å². The van der Waals surface area contributed by atoms with Crippen LogP contribution in [-0.4, -0.2) is 38.5 Å². The molecule has 1 fully saturated rings. The highest BCUT2D eigenvalue weighted by atomic mass is 32.2. The van der Waals surface area contributed by atoms with E-state index >= 15 is 0 Å². The van der Waals surface area contributed by atoms with E-state index in [4.69, 9.17) is 10.5 Å². The molecule has 2 rings (SSSR count). The van der Waals surface area contributed by atoms with E-state index in [1.165, 1.54) is 0 Å². The van der Waals surface area contributed by atoms with Crippen LogP contribution in [0.3, 0.4) is 0 Å². The summed E-state index contributed by atoms with van der Waals surface area (Å²) in [5, 5.41) is 3.20. The topological polar surface area (TPSA) is 98.5 Å². The molecular weight excluding hydrogens is 280 g/mol. The molecule has 3 N–H and O–H groups in total. The number of carbonyl (C=O) groups excluding carboxylic acids is 1. The fraction of sp³-hybridized carbons (Fsp3) is 0.462. The number of primary amides is 1. The Balaban J connectivity index is 1.92. The van der Waals surface area contributed by atoms with Crippen LogP contribution in [0.2, 0.25) is 0 Å².